The van der Waals surface area contributed by atoms with Crippen LogP contribution in [0.3, 0.4) is 0 Å². The zero-order valence-corrected chi connectivity index (χ0v) is 11.3. The average Bonchev–Trinajstić information content (AvgIpc) is 2.46. The number of rotatable bonds is 4. The van der Waals surface area contributed by atoms with Gasteiger partial charge in [0.15, 0.2) is 0 Å². The molecule has 1 amide bonds. The normalized spacial score (nSPS) is 30.8. The number of hydrogen-bond acceptors (Lipinski definition) is 2. The minimum atomic E-state index is -0.670. The summed E-state index contributed by atoms with van der Waals surface area (Å²) in [5, 5.41) is 12.0. The average molecular weight is 265 g/mol. The van der Waals surface area contributed by atoms with Crippen LogP contribution in [0, 0.1) is 17.8 Å². The predicted molar refractivity (Wildman–Crippen MR) is 72.6 cm³/mol. The summed E-state index contributed by atoms with van der Waals surface area (Å²) in [4.78, 5) is 22.8. The quantitative estimate of drug-likeness (QED) is 0.767. The van der Waals surface area contributed by atoms with Gasteiger partial charge < -0.3 is 10.4 Å². The Labute approximate surface area is 114 Å². The highest BCUT2D eigenvalue weighted by molar-refractivity contribution is 5.79. The molecule has 0 radical (unpaired) electrons. The fourth-order valence-electron chi connectivity index (χ4n) is 3.03. The topological polar surface area (TPSA) is 66.4 Å². The van der Waals surface area contributed by atoms with Crippen LogP contribution in [0.2, 0.25) is 0 Å². The predicted octanol–water partition coefficient (Wildman–Crippen LogP) is 2.35. The number of hydrogen-bond donors (Lipinski definition) is 2. The second kappa shape index (κ2) is 6.73. The number of aliphatic carboxylic acids is 1. The number of carboxylic acid groups (broad SMARTS) is 1. The minimum Gasteiger partial charge on any atom is -0.481 e. The van der Waals surface area contributed by atoms with E-state index in [9.17, 15) is 9.59 Å². The Morgan fingerprint density at radius 2 is 1.79 bits per heavy atom. The van der Waals surface area contributed by atoms with Gasteiger partial charge in [-0.1, -0.05) is 12.2 Å². The number of carbonyl (C=O) groups is 2. The molecule has 0 aromatic heterocycles. The van der Waals surface area contributed by atoms with Crippen molar-refractivity contribution < 1.29 is 14.7 Å². The van der Waals surface area contributed by atoms with Crippen LogP contribution in [0.1, 0.15) is 44.9 Å². The maximum absolute atomic E-state index is 12.0. The van der Waals surface area contributed by atoms with Crippen LogP contribution in [0.4, 0.5) is 0 Å². The Balaban J connectivity index is 1.67. The summed E-state index contributed by atoms with van der Waals surface area (Å²) < 4.78 is 0. The lowest BCUT2D eigenvalue weighted by atomic mass is 9.82. The molecule has 1 unspecified atom stereocenters. The van der Waals surface area contributed by atoms with E-state index in [0.717, 1.165) is 44.9 Å². The zero-order valence-electron chi connectivity index (χ0n) is 11.3. The molecule has 0 bridgehead atoms. The largest absolute Gasteiger partial charge is 0.481 e. The molecular formula is C15H23NO3. The summed E-state index contributed by atoms with van der Waals surface area (Å²) in [6.07, 6.45) is 10.4. The van der Waals surface area contributed by atoms with E-state index >= 15 is 0 Å². The molecule has 2 N–H and O–H groups in total. The second-order valence-electron chi connectivity index (χ2n) is 5.78. The van der Waals surface area contributed by atoms with Crippen LogP contribution in [0.5, 0.6) is 0 Å². The molecule has 1 saturated carbocycles. The van der Waals surface area contributed by atoms with Gasteiger partial charge in [0.2, 0.25) is 5.91 Å². The molecule has 106 valence electrons. The minimum absolute atomic E-state index is 0.139. The standard InChI is InChI=1S/C15H23NO3/c17-14(12-4-2-1-3-5-12)16-10-11-6-8-13(9-7-11)15(18)19/h1-2,11-13H,3-10H2,(H,16,17)(H,18,19). The molecule has 19 heavy (non-hydrogen) atoms. The molecule has 0 heterocycles. The van der Waals surface area contributed by atoms with Crippen LogP contribution < -0.4 is 5.32 Å². The Kier molecular flexibility index (Phi) is 5.00. The second-order valence-corrected chi connectivity index (χ2v) is 5.78. The van der Waals surface area contributed by atoms with Crippen molar-refractivity contribution in [3.05, 3.63) is 12.2 Å². The van der Waals surface area contributed by atoms with Crippen LogP contribution in [-0.4, -0.2) is 23.5 Å². The van der Waals surface area contributed by atoms with E-state index in [1.807, 2.05) is 0 Å². The highest BCUT2D eigenvalue weighted by Gasteiger charge is 2.26. The highest BCUT2D eigenvalue weighted by Crippen LogP contribution is 2.28. The number of carboxylic acids is 1. The molecule has 0 aromatic rings. The smallest absolute Gasteiger partial charge is 0.306 e. The van der Waals surface area contributed by atoms with Gasteiger partial charge in [0.1, 0.15) is 0 Å². The van der Waals surface area contributed by atoms with Crippen LogP contribution >= 0.6 is 0 Å². The molecule has 0 saturated heterocycles. The molecule has 0 aliphatic heterocycles. The van der Waals surface area contributed by atoms with E-state index in [-0.39, 0.29) is 17.7 Å². The van der Waals surface area contributed by atoms with Gasteiger partial charge in [-0.15, -0.1) is 0 Å². The summed E-state index contributed by atoms with van der Waals surface area (Å²) in [5.41, 5.74) is 0. The van der Waals surface area contributed by atoms with Crippen molar-refractivity contribution in [3.8, 4) is 0 Å². The Hall–Kier alpha value is -1.32. The number of carbonyl (C=O) groups excluding carboxylic acids is 1. The molecule has 1 atom stereocenters. The molecule has 4 nitrogen and oxygen atoms in total. The van der Waals surface area contributed by atoms with Crippen molar-refractivity contribution >= 4 is 11.9 Å². The maximum Gasteiger partial charge on any atom is 0.306 e. The van der Waals surface area contributed by atoms with E-state index in [4.69, 9.17) is 5.11 Å². The summed E-state index contributed by atoms with van der Waals surface area (Å²) in [5.74, 6) is -0.0735. The third-order valence-corrected chi connectivity index (χ3v) is 4.40. The van der Waals surface area contributed by atoms with Gasteiger partial charge in [0, 0.05) is 12.5 Å². The molecule has 1 fully saturated rings. The third kappa shape index (κ3) is 4.08. The van der Waals surface area contributed by atoms with Gasteiger partial charge >= 0.3 is 5.97 Å². The lowest BCUT2D eigenvalue weighted by molar-refractivity contribution is -0.143. The van der Waals surface area contributed by atoms with E-state index in [1.165, 1.54) is 0 Å². The first-order valence-corrected chi connectivity index (χ1v) is 7.32. The van der Waals surface area contributed by atoms with E-state index < -0.39 is 5.97 Å². The third-order valence-electron chi connectivity index (χ3n) is 4.40. The molecule has 2 aliphatic rings. The van der Waals surface area contributed by atoms with Crippen molar-refractivity contribution in [3.63, 3.8) is 0 Å². The van der Waals surface area contributed by atoms with Gasteiger partial charge in [0.25, 0.3) is 0 Å². The summed E-state index contributed by atoms with van der Waals surface area (Å²) in [6.45, 7) is 0.714. The van der Waals surface area contributed by atoms with Crippen molar-refractivity contribution in [2.75, 3.05) is 6.54 Å². The SMILES string of the molecule is O=C(O)C1CCC(CNC(=O)C2CC=CCC2)CC1. The number of nitrogens with one attached hydrogen (secondary N) is 1. The van der Waals surface area contributed by atoms with Crippen molar-refractivity contribution in [1.82, 2.24) is 5.32 Å². The van der Waals surface area contributed by atoms with E-state index in [0.29, 0.717) is 12.5 Å². The molecule has 2 rings (SSSR count). The molecule has 0 spiro atoms. The Morgan fingerprint density at radius 3 is 2.37 bits per heavy atom. The van der Waals surface area contributed by atoms with Gasteiger partial charge in [-0.25, -0.2) is 0 Å². The molecule has 0 aromatic carbocycles. The fourth-order valence-corrected chi connectivity index (χ4v) is 3.03. The Bertz CT molecular complexity index is 356. The van der Waals surface area contributed by atoms with Crippen molar-refractivity contribution in [2.45, 2.75) is 44.9 Å². The number of amides is 1. The summed E-state index contributed by atoms with van der Waals surface area (Å²) in [7, 11) is 0. The van der Waals surface area contributed by atoms with Crippen LogP contribution in [0.15, 0.2) is 12.2 Å². The van der Waals surface area contributed by atoms with E-state index in [1.54, 1.807) is 0 Å². The lowest BCUT2D eigenvalue weighted by Gasteiger charge is -2.27. The van der Waals surface area contributed by atoms with E-state index in [2.05, 4.69) is 17.5 Å². The van der Waals surface area contributed by atoms with Gasteiger partial charge in [0.05, 0.1) is 5.92 Å². The monoisotopic (exact) mass is 265 g/mol. The molecule has 2 aliphatic carbocycles. The lowest BCUT2D eigenvalue weighted by Crippen LogP contribution is -2.36. The Morgan fingerprint density at radius 1 is 1.05 bits per heavy atom. The van der Waals surface area contributed by atoms with Crippen LogP contribution in [0.25, 0.3) is 0 Å². The first kappa shape index (κ1) is 14.1. The fraction of sp³-hybridized carbons (Fsp3) is 0.733. The first-order chi connectivity index (χ1) is 9.16. The highest BCUT2D eigenvalue weighted by atomic mass is 16.4. The maximum atomic E-state index is 12.0. The van der Waals surface area contributed by atoms with Crippen molar-refractivity contribution in [2.24, 2.45) is 17.8 Å². The molecule has 4 heteroatoms. The van der Waals surface area contributed by atoms with Gasteiger partial charge in [-0.3, -0.25) is 9.59 Å². The van der Waals surface area contributed by atoms with Gasteiger partial charge in [-0.05, 0) is 50.9 Å². The van der Waals surface area contributed by atoms with Crippen molar-refractivity contribution in [1.29, 1.82) is 0 Å². The first-order valence-electron chi connectivity index (χ1n) is 7.32. The summed E-state index contributed by atoms with van der Waals surface area (Å²) >= 11 is 0. The summed E-state index contributed by atoms with van der Waals surface area (Å²) in [6, 6.07) is 0. The molecular weight excluding hydrogens is 242 g/mol. The number of allylic oxidation sites excluding steroid dienone is 2. The zero-order chi connectivity index (χ0) is 13.7. The van der Waals surface area contributed by atoms with Gasteiger partial charge in [-0.2, -0.15) is 0 Å². The van der Waals surface area contributed by atoms with Crippen LogP contribution in [-0.2, 0) is 9.59 Å².